The van der Waals surface area contributed by atoms with Crippen molar-refractivity contribution in [3.05, 3.63) is 29.3 Å². The van der Waals surface area contributed by atoms with Crippen LogP contribution in [0, 0.1) is 11.3 Å². The Morgan fingerprint density at radius 3 is 2.77 bits per heavy atom. The van der Waals surface area contributed by atoms with E-state index in [4.69, 9.17) is 11.0 Å². The van der Waals surface area contributed by atoms with Gasteiger partial charge in [0.25, 0.3) is 0 Å². The van der Waals surface area contributed by atoms with Crippen molar-refractivity contribution >= 4 is 0 Å². The molecule has 3 heteroatoms. The number of nitrogens with zero attached hydrogens (tertiary/aromatic N) is 1. The van der Waals surface area contributed by atoms with Crippen LogP contribution in [0.3, 0.4) is 0 Å². The summed E-state index contributed by atoms with van der Waals surface area (Å²) in [5.74, 6) is 0.149. The zero-order chi connectivity index (χ0) is 9.84. The van der Waals surface area contributed by atoms with Gasteiger partial charge in [-0.3, -0.25) is 0 Å². The molecule has 0 amide bonds. The van der Waals surface area contributed by atoms with Gasteiger partial charge in [0.2, 0.25) is 0 Å². The molecular formula is C10H12N2O. The van der Waals surface area contributed by atoms with Crippen LogP contribution >= 0.6 is 0 Å². The van der Waals surface area contributed by atoms with E-state index in [9.17, 15) is 5.11 Å². The molecule has 1 aromatic carbocycles. The fourth-order valence-electron chi connectivity index (χ4n) is 1.15. The highest BCUT2D eigenvalue weighted by Gasteiger charge is 2.04. The van der Waals surface area contributed by atoms with Gasteiger partial charge in [-0.1, -0.05) is 6.07 Å². The summed E-state index contributed by atoms with van der Waals surface area (Å²) < 4.78 is 0. The number of hydrogen-bond acceptors (Lipinski definition) is 3. The Morgan fingerprint density at radius 2 is 2.31 bits per heavy atom. The van der Waals surface area contributed by atoms with Gasteiger partial charge in [0, 0.05) is 6.04 Å². The van der Waals surface area contributed by atoms with Crippen LogP contribution in [-0.4, -0.2) is 11.1 Å². The minimum atomic E-state index is 0.0128. The zero-order valence-electron chi connectivity index (χ0n) is 7.49. The fourth-order valence-corrected chi connectivity index (χ4v) is 1.15. The molecule has 0 aliphatic rings. The molecule has 0 aliphatic heterocycles. The highest BCUT2D eigenvalue weighted by Crippen LogP contribution is 2.19. The molecule has 13 heavy (non-hydrogen) atoms. The Balaban J connectivity index is 2.93. The minimum Gasteiger partial charge on any atom is -0.508 e. The Kier molecular flexibility index (Phi) is 2.88. The van der Waals surface area contributed by atoms with Crippen LogP contribution in [0.2, 0.25) is 0 Å². The number of hydrogen-bond donors (Lipinski definition) is 2. The quantitative estimate of drug-likeness (QED) is 0.710. The van der Waals surface area contributed by atoms with Crippen molar-refractivity contribution < 1.29 is 5.11 Å². The summed E-state index contributed by atoms with van der Waals surface area (Å²) in [6, 6.07) is 6.84. The summed E-state index contributed by atoms with van der Waals surface area (Å²) >= 11 is 0. The summed E-state index contributed by atoms with van der Waals surface area (Å²) in [4.78, 5) is 0. The van der Waals surface area contributed by atoms with Gasteiger partial charge in [-0.05, 0) is 31.0 Å². The van der Waals surface area contributed by atoms with E-state index in [0.29, 0.717) is 12.0 Å². The van der Waals surface area contributed by atoms with Gasteiger partial charge in [-0.15, -0.1) is 0 Å². The first kappa shape index (κ1) is 9.56. The molecule has 0 aliphatic carbocycles. The molecule has 0 aromatic heterocycles. The van der Waals surface area contributed by atoms with E-state index in [1.807, 2.05) is 13.0 Å². The molecular weight excluding hydrogens is 164 g/mol. The second-order valence-electron chi connectivity index (χ2n) is 3.14. The van der Waals surface area contributed by atoms with Crippen molar-refractivity contribution in [1.82, 2.24) is 0 Å². The fraction of sp³-hybridized carbons (Fsp3) is 0.300. The van der Waals surface area contributed by atoms with Gasteiger partial charge in [0.15, 0.2) is 0 Å². The molecule has 0 unspecified atom stereocenters. The van der Waals surface area contributed by atoms with E-state index in [0.717, 1.165) is 5.56 Å². The predicted octanol–water partition coefficient (Wildman–Crippen LogP) is 1.15. The molecule has 0 saturated carbocycles. The summed E-state index contributed by atoms with van der Waals surface area (Å²) in [6.45, 7) is 1.87. The molecule has 3 N–H and O–H groups in total. The number of phenols is 1. The Bertz CT molecular complexity index is 339. The molecule has 1 aromatic rings. The Morgan fingerprint density at radius 1 is 1.62 bits per heavy atom. The van der Waals surface area contributed by atoms with Crippen LogP contribution in [0.5, 0.6) is 5.75 Å². The lowest BCUT2D eigenvalue weighted by Crippen LogP contribution is -2.17. The number of nitriles is 1. The third-order valence-electron chi connectivity index (χ3n) is 1.76. The van der Waals surface area contributed by atoms with E-state index < -0.39 is 0 Å². The summed E-state index contributed by atoms with van der Waals surface area (Å²) in [6.07, 6.45) is 0.623. The second kappa shape index (κ2) is 3.92. The summed E-state index contributed by atoms with van der Waals surface area (Å²) in [5.41, 5.74) is 6.84. The van der Waals surface area contributed by atoms with Crippen LogP contribution in [0.15, 0.2) is 18.2 Å². The molecule has 0 heterocycles. The molecule has 0 fully saturated rings. The third-order valence-corrected chi connectivity index (χ3v) is 1.76. The maximum Gasteiger partial charge on any atom is 0.120 e. The van der Waals surface area contributed by atoms with E-state index in [1.54, 1.807) is 12.1 Å². The second-order valence-corrected chi connectivity index (χ2v) is 3.14. The van der Waals surface area contributed by atoms with Gasteiger partial charge in [-0.25, -0.2) is 0 Å². The van der Waals surface area contributed by atoms with Gasteiger partial charge < -0.3 is 10.8 Å². The smallest absolute Gasteiger partial charge is 0.120 e. The van der Waals surface area contributed by atoms with Crippen molar-refractivity contribution in [3.63, 3.8) is 0 Å². The van der Waals surface area contributed by atoms with Crippen LogP contribution in [-0.2, 0) is 6.42 Å². The lowest BCUT2D eigenvalue weighted by molar-refractivity contribution is 0.465. The number of rotatable bonds is 2. The van der Waals surface area contributed by atoms with Crippen LogP contribution in [0.1, 0.15) is 18.1 Å². The van der Waals surface area contributed by atoms with Gasteiger partial charge in [0.05, 0.1) is 11.6 Å². The van der Waals surface area contributed by atoms with Crippen molar-refractivity contribution in [2.24, 2.45) is 5.73 Å². The van der Waals surface area contributed by atoms with E-state index in [1.165, 1.54) is 6.07 Å². The van der Waals surface area contributed by atoms with E-state index in [2.05, 4.69) is 0 Å². The average molecular weight is 176 g/mol. The maximum absolute atomic E-state index is 9.46. The summed E-state index contributed by atoms with van der Waals surface area (Å²) in [7, 11) is 0. The molecule has 1 rings (SSSR count). The topological polar surface area (TPSA) is 70.0 Å². The Labute approximate surface area is 77.4 Å². The maximum atomic E-state index is 9.46. The first-order valence-corrected chi connectivity index (χ1v) is 4.11. The highest BCUT2D eigenvalue weighted by molar-refractivity contribution is 5.41. The predicted molar refractivity (Wildman–Crippen MR) is 50.2 cm³/mol. The van der Waals surface area contributed by atoms with Crippen LogP contribution in [0.25, 0.3) is 0 Å². The molecule has 0 radical (unpaired) electrons. The van der Waals surface area contributed by atoms with Crippen LogP contribution in [0.4, 0.5) is 0 Å². The Hall–Kier alpha value is -1.53. The third kappa shape index (κ3) is 2.46. The SMILES string of the molecule is C[C@@H](N)Cc1ccc(C#N)cc1O. The highest BCUT2D eigenvalue weighted by atomic mass is 16.3. The van der Waals surface area contributed by atoms with Crippen molar-refractivity contribution in [1.29, 1.82) is 5.26 Å². The van der Waals surface area contributed by atoms with Crippen molar-refractivity contribution in [2.45, 2.75) is 19.4 Å². The number of benzene rings is 1. The molecule has 1 atom stereocenters. The zero-order valence-corrected chi connectivity index (χ0v) is 7.49. The largest absolute Gasteiger partial charge is 0.508 e. The van der Waals surface area contributed by atoms with Crippen molar-refractivity contribution in [3.8, 4) is 11.8 Å². The molecule has 0 saturated heterocycles. The van der Waals surface area contributed by atoms with Crippen molar-refractivity contribution in [2.75, 3.05) is 0 Å². The molecule has 0 bridgehead atoms. The lowest BCUT2D eigenvalue weighted by atomic mass is 10.0. The minimum absolute atomic E-state index is 0.0128. The normalized spacial score (nSPS) is 12.1. The molecule has 3 nitrogen and oxygen atoms in total. The average Bonchev–Trinajstić information content (AvgIpc) is 2.08. The number of nitrogens with two attached hydrogens (primary N) is 1. The van der Waals surface area contributed by atoms with Gasteiger partial charge in [0.1, 0.15) is 5.75 Å². The van der Waals surface area contributed by atoms with E-state index in [-0.39, 0.29) is 11.8 Å². The standard InChI is InChI=1S/C10H12N2O/c1-7(12)4-9-3-2-8(6-11)5-10(9)13/h2-3,5,7,13H,4,12H2,1H3/t7-/m1/s1. The molecule has 0 spiro atoms. The lowest BCUT2D eigenvalue weighted by Gasteiger charge is -2.06. The monoisotopic (exact) mass is 176 g/mol. The van der Waals surface area contributed by atoms with Gasteiger partial charge in [-0.2, -0.15) is 5.26 Å². The number of aromatic hydroxyl groups is 1. The summed E-state index contributed by atoms with van der Waals surface area (Å²) in [5, 5.41) is 18.0. The van der Waals surface area contributed by atoms with Gasteiger partial charge >= 0.3 is 0 Å². The number of phenolic OH excluding ortho intramolecular Hbond substituents is 1. The van der Waals surface area contributed by atoms with E-state index >= 15 is 0 Å². The van der Waals surface area contributed by atoms with Crippen LogP contribution < -0.4 is 5.73 Å². The first-order chi connectivity index (χ1) is 6.13. The molecule has 68 valence electrons. The first-order valence-electron chi connectivity index (χ1n) is 4.11.